The van der Waals surface area contributed by atoms with E-state index in [1.165, 1.54) is 6.07 Å². The molecule has 2 radical (unpaired) electrons. The summed E-state index contributed by atoms with van der Waals surface area (Å²) in [4.78, 5) is 11.9. The van der Waals surface area contributed by atoms with Crippen molar-refractivity contribution >= 4 is 38.3 Å². The van der Waals surface area contributed by atoms with Gasteiger partial charge in [-0.2, -0.15) is 0 Å². The van der Waals surface area contributed by atoms with Crippen molar-refractivity contribution < 1.29 is 4.42 Å². The first-order chi connectivity index (χ1) is 8.34. The Kier molecular flexibility index (Phi) is 3.96. The van der Waals surface area contributed by atoms with Gasteiger partial charge in [-0.1, -0.05) is 42.5 Å². The normalized spacial score (nSPS) is 10.0. The molecule has 0 unspecified atom stereocenters. The van der Waals surface area contributed by atoms with Gasteiger partial charge in [-0.05, 0) is 12.1 Å². The average Bonchev–Trinajstić information content (AvgIpc) is 2.40. The van der Waals surface area contributed by atoms with E-state index in [4.69, 9.17) is 4.42 Å². The zero-order valence-corrected chi connectivity index (χ0v) is 15.3. The standard InChI is InChI=1S/C15H10O2.Pb.2H/c16-13-10-15(11-6-2-1-3-7-11)17-14-9-5-4-8-12(13)14;;;/h1-10H;;;. The fourth-order valence-electron chi connectivity index (χ4n) is 1.85. The number of para-hydroxylation sites is 1. The van der Waals surface area contributed by atoms with Crippen molar-refractivity contribution in [1.82, 2.24) is 0 Å². The van der Waals surface area contributed by atoms with Crippen LogP contribution in [0.2, 0.25) is 0 Å². The Bertz CT molecular complexity index is 717. The van der Waals surface area contributed by atoms with E-state index in [0.29, 0.717) is 16.7 Å². The molecule has 3 rings (SSSR count). The summed E-state index contributed by atoms with van der Waals surface area (Å²) < 4.78 is 5.73. The Hall–Kier alpha value is -1.43. The molecule has 0 aliphatic carbocycles. The maximum atomic E-state index is 11.9. The third kappa shape index (κ3) is 2.38. The van der Waals surface area contributed by atoms with E-state index in [1.807, 2.05) is 48.5 Å². The van der Waals surface area contributed by atoms with Gasteiger partial charge in [0.1, 0.15) is 11.3 Å². The molecule has 0 N–H and O–H groups in total. The summed E-state index contributed by atoms with van der Waals surface area (Å²) in [7, 11) is 0. The van der Waals surface area contributed by atoms with Gasteiger partial charge in [0.15, 0.2) is 5.43 Å². The second kappa shape index (κ2) is 5.48. The van der Waals surface area contributed by atoms with Gasteiger partial charge in [-0.3, -0.25) is 4.79 Å². The molecule has 0 bridgehead atoms. The predicted molar refractivity (Wildman–Crippen MR) is 76.5 cm³/mol. The molecule has 0 spiro atoms. The van der Waals surface area contributed by atoms with Gasteiger partial charge in [-0.25, -0.2) is 0 Å². The summed E-state index contributed by atoms with van der Waals surface area (Å²) in [6.07, 6.45) is 0. The summed E-state index contributed by atoms with van der Waals surface area (Å²) in [5.74, 6) is 0.606. The van der Waals surface area contributed by atoms with Gasteiger partial charge >= 0.3 is 27.3 Å². The molecule has 0 saturated carbocycles. The van der Waals surface area contributed by atoms with Crippen LogP contribution in [-0.4, -0.2) is 27.3 Å². The van der Waals surface area contributed by atoms with Crippen molar-refractivity contribution in [2.75, 3.05) is 0 Å². The summed E-state index contributed by atoms with van der Waals surface area (Å²) >= 11 is 0. The molecule has 18 heavy (non-hydrogen) atoms. The van der Waals surface area contributed by atoms with Crippen LogP contribution in [0.25, 0.3) is 22.3 Å². The topological polar surface area (TPSA) is 30.2 Å². The predicted octanol–water partition coefficient (Wildman–Crippen LogP) is 2.54. The van der Waals surface area contributed by atoms with E-state index < -0.39 is 0 Å². The van der Waals surface area contributed by atoms with E-state index in [-0.39, 0.29) is 32.7 Å². The molecule has 0 aliphatic heterocycles. The van der Waals surface area contributed by atoms with Crippen molar-refractivity contribution in [3.05, 3.63) is 70.9 Å². The van der Waals surface area contributed by atoms with E-state index in [9.17, 15) is 4.79 Å². The minimum atomic E-state index is -0.00861. The Morgan fingerprint density at radius 1 is 0.833 bits per heavy atom. The second-order valence-corrected chi connectivity index (χ2v) is 3.84. The zero-order valence-electron chi connectivity index (χ0n) is 9.80. The van der Waals surface area contributed by atoms with E-state index in [2.05, 4.69) is 0 Å². The van der Waals surface area contributed by atoms with Crippen molar-refractivity contribution in [3.63, 3.8) is 0 Å². The third-order valence-corrected chi connectivity index (χ3v) is 2.69. The average molecular weight is 431 g/mol. The van der Waals surface area contributed by atoms with E-state index in [0.717, 1.165) is 5.56 Å². The molecule has 3 aromatic rings. The zero-order chi connectivity index (χ0) is 11.7. The maximum absolute atomic E-state index is 11.9. The third-order valence-electron chi connectivity index (χ3n) is 2.69. The van der Waals surface area contributed by atoms with E-state index >= 15 is 0 Å². The molecule has 0 aliphatic rings. The van der Waals surface area contributed by atoms with Crippen molar-refractivity contribution in [2.24, 2.45) is 0 Å². The van der Waals surface area contributed by atoms with Gasteiger partial charge in [0.05, 0.1) is 5.39 Å². The van der Waals surface area contributed by atoms with Crippen LogP contribution in [-0.2, 0) is 0 Å². The SMILES string of the molecule is O=c1cc(-c2ccccc2)oc2ccccc12.[PbH2]. The quantitative estimate of drug-likeness (QED) is 0.555. The Balaban J connectivity index is 0.00000120. The summed E-state index contributed by atoms with van der Waals surface area (Å²) in [6, 6.07) is 18.4. The Morgan fingerprint density at radius 3 is 2.28 bits per heavy atom. The Labute approximate surface area is 124 Å². The molecular formula is C15H12O2Pb. The van der Waals surface area contributed by atoms with Crippen LogP contribution >= 0.6 is 0 Å². The summed E-state index contributed by atoms with van der Waals surface area (Å²) in [5, 5.41) is 0.618. The fraction of sp³-hybridized carbons (Fsp3) is 0. The molecule has 88 valence electrons. The molecule has 0 fully saturated rings. The molecule has 3 heteroatoms. The summed E-state index contributed by atoms with van der Waals surface area (Å²) in [5.41, 5.74) is 1.53. The first-order valence-corrected chi connectivity index (χ1v) is 5.43. The van der Waals surface area contributed by atoms with Crippen LogP contribution in [0.15, 0.2) is 69.9 Å². The molecule has 0 amide bonds. The van der Waals surface area contributed by atoms with Gasteiger partial charge in [0.25, 0.3) is 0 Å². The monoisotopic (exact) mass is 432 g/mol. The molecule has 0 saturated heterocycles. The first kappa shape index (κ1) is 13.0. The first-order valence-electron chi connectivity index (χ1n) is 5.43. The van der Waals surface area contributed by atoms with Gasteiger partial charge in [0.2, 0.25) is 0 Å². The number of fused-ring (bicyclic) bond motifs is 1. The minimum absolute atomic E-state index is 0. The molecule has 0 atom stereocenters. The Morgan fingerprint density at radius 2 is 1.50 bits per heavy atom. The van der Waals surface area contributed by atoms with Gasteiger partial charge < -0.3 is 4.42 Å². The fourth-order valence-corrected chi connectivity index (χ4v) is 1.85. The van der Waals surface area contributed by atoms with Crippen LogP contribution < -0.4 is 5.43 Å². The van der Waals surface area contributed by atoms with Crippen LogP contribution in [0.1, 0.15) is 0 Å². The molecule has 2 nitrogen and oxygen atoms in total. The number of hydrogen-bond donors (Lipinski definition) is 0. The second-order valence-electron chi connectivity index (χ2n) is 3.84. The molecule has 2 aromatic carbocycles. The van der Waals surface area contributed by atoms with Crippen LogP contribution in [0.3, 0.4) is 0 Å². The molecule has 1 aromatic heterocycles. The number of rotatable bonds is 1. The van der Waals surface area contributed by atoms with Gasteiger partial charge in [0, 0.05) is 11.6 Å². The van der Waals surface area contributed by atoms with Gasteiger partial charge in [-0.15, -0.1) is 0 Å². The van der Waals surface area contributed by atoms with Crippen molar-refractivity contribution in [1.29, 1.82) is 0 Å². The molecule has 1 heterocycles. The number of benzene rings is 2. The van der Waals surface area contributed by atoms with Crippen molar-refractivity contribution in [2.45, 2.75) is 0 Å². The van der Waals surface area contributed by atoms with Crippen molar-refractivity contribution in [3.8, 4) is 11.3 Å². The van der Waals surface area contributed by atoms with Crippen LogP contribution in [0, 0.1) is 0 Å². The summed E-state index contributed by atoms with van der Waals surface area (Å²) in [6.45, 7) is 0. The van der Waals surface area contributed by atoms with E-state index in [1.54, 1.807) is 6.07 Å². The van der Waals surface area contributed by atoms with Crippen LogP contribution in [0.5, 0.6) is 0 Å². The number of hydrogen-bond acceptors (Lipinski definition) is 2. The molecular weight excluding hydrogens is 419 g/mol. The van der Waals surface area contributed by atoms with Crippen LogP contribution in [0.4, 0.5) is 0 Å².